The van der Waals surface area contributed by atoms with Gasteiger partial charge in [-0.2, -0.15) is 0 Å². The van der Waals surface area contributed by atoms with Crippen molar-refractivity contribution >= 4 is 11.7 Å². The third kappa shape index (κ3) is 7.01. The van der Waals surface area contributed by atoms with Gasteiger partial charge in [0.2, 0.25) is 5.91 Å². The highest BCUT2D eigenvalue weighted by molar-refractivity contribution is 5.92. The van der Waals surface area contributed by atoms with E-state index in [9.17, 15) is 4.79 Å². The van der Waals surface area contributed by atoms with Crippen LogP contribution in [0.3, 0.4) is 0 Å². The minimum Gasteiger partial charge on any atom is -0.361 e. The van der Waals surface area contributed by atoms with Gasteiger partial charge in [0.1, 0.15) is 17.9 Å². The Kier molecular flexibility index (Phi) is 10.6. The summed E-state index contributed by atoms with van der Waals surface area (Å²) in [5.41, 5.74) is 6.03. The molecule has 32 heavy (non-hydrogen) atoms. The van der Waals surface area contributed by atoms with Crippen molar-refractivity contribution < 1.29 is 9.32 Å². The largest absolute Gasteiger partial charge is 0.361 e. The second-order valence-electron chi connectivity index (χ2n) is 7.25. The Balaban J connectivity index is 0.000000233. The molecule has 0 saturated heterocycles. The van der Waals surface area contributed by atoms with E-state index in [1.54, 1.807) is 11.1 Å². The molecule has 0 radical (unpaired) electrons. The van der Waals surface area contributed by atoms with Crippen molar-refractivity contribution in [2.24, 2.45) is 0 Å². The van der Waals surface area contributed by atoms with Crippen LogP contribution in [0.15, 0.2) is 41.2 Å². The van der Waals surface area contributed by atoms with Gasteiger partial charge >= 0.3 is 0 Å². The summed E-state index contributed by atoms with van der Waals surface area (Å²) in [6.07, 6.45) is 8.16. The molecule has 1 N–H and O–H groups in total. The summed E-state index contributed by atoms with van der Waals surface area (Å²) in [6, 6.07) is 10.7. The molecule has 6 nitrogen and oxygen atoms in total. The number of amides is 1. The SMILES string of the molecule is CC.CC.Cc1cc(CCc2ncnc3c2CCC(=O)N3)on1.c1ccc2c(c1)CCC2. The molecule has 0 atom stereocenters. The third-order valence-electron chi connectivity index (χ3n) is 5.19. The van der Waals surface area contributed by atoms with Gasteiger partial charge in [-0.15, -0.1) is 0 Å². The summed E-state index contributed by atoms with van der Waals surface area (Å²) >= 11 is 0. The third-order valence-corrected chi connectivity index (χ3v) is 5.19. The van der Waals surface area contributed by atoms with Crippen LogP contribution in [-0.4, -0.2) is 21.0 Å². The fourth-order valence-corrected chi connectivity index (χ4v) is 3.76. The molecular weight excluding hydrogens is 400 g/mol. The maximum Gasteiger partial charge on any atom is 0.225 e. The van der Waals surface area contributed by atoms with E-state index in [4.69, 9.17) is 4.52 Å². The average Bonchev–Trinajstić information content (AvgIpc) is 3.49. The highest BCUT2D eigenvalue weighted by atomic mass is 16.5. The lowest BCUT2D eigenvalue weighted by molar-refractivity contribution is -0.116. The van der Waals surface area contributed by atoms with E-state index in [2.05, 4.69) is 44.7 Å². The zero-order valence-corrected chi connectivity index (χ0v) is 20.1. The molecule has 5 rings (SSSR count). The summed E-state index contributed by atoms with van der Waals surface area (Å²) in [5, 5.41) is 6.64. The number of rotatable bonds is 3. The van der Waals surface area contributed by atoms with Gasteiger partial charge in [0.05, 0.1) is 5.69 Å². The number of anilines is 1. The highest BCUT2D eigenvalue weighted by Gasteiger charge is 2.19. The second-order valence-corrected chi connectivity index (χ2v) is 7.25. The standard InChI is InChI=1S/C13H14N4O2.C9H10.2C2H6/c1-8-6-9(19-17-8)2-4-11-10-3-5-12(18)16-13(10)15-7-14-11;1-2-5-9-7-3-6-8(9)4-1;2*1-2/h6-7H,2-5H2,1H3,(H,14,15,16,18);1-2,4-5H,3,6-7H2;2*1-2H3. The number of benzene rings is 1. The lowest BCUT2D eigenvalue weighted by Crippen LogP contribution is -2.22. The maximum absolute atomic E-state index is 11.3. The summed E-state index contributed by atoms with van der Waals surface area (Å²) in [5.74, 6) is 1.52. The number of hydrogen-bond donors (Lipinski definition) is 1. The molecule has 2 aliphatic rings. The zero-order valence-electron chi connectivity index (χ0n) is 20.1. The molecule has 1 aliphatic carbocycles. The van der Waals surface area contributed by atoms with Crippen LogP contribution >= 0.6 is 0 Å². The van der Waals surface area contributed by atoms with E-state index < -0.39 is 0 Å². The second kappa shape index (κ2) is 13.4. The summed E-state index contributed by atoms with van der Waals surface area (Å²) in [6.45, 7) is 9.90. The molecule has 0 spiro atoms. The van der Waals surface area contributed by atoms with Gasteiger partial charge in [-0.05, 0) is 50.2 Å². The van der Waals surface area contributed by atoms with Crippen LogP contribution in [0.2, 0.25) is 0 Å². The molecule has 172 valence electrons. The molecule has 3 heterocycles. The molecule has 0 fully saturated rings. The summed E-state index contributed by atoms with van der Waals surface area (Å²) in [7, 11) is 0. The molecule has 1 aliphatic heterocycles. The highest BCUT2D eigenvalue weighted by Crippen LogP contribution is 2.23. The number of nitrogens with zero attached hydrogens (tertiary/aromatic N) is 3. The normalized spacial score (nSPS) is 13.1. The van der Waals surface area contributed by atoms with Crippen LogP contribution in [0.25, 0.3) is 0 Å². The Morgan fingerprint density at radius 3 is 2.25 bits per heavy atom. The lowest BCUT2D eigenvalue weighted by Gasteiger charge is -2.17. The van der Waals surface area contributed by atoms with Crippen LogP contribution in [0.1, 0.15) is 74.4 Å². The summed E-state index contributed by atoms with van der Waals surface area (Å²) < 4.78 is 5.18. The molecule has 0 bridgehead atoms. The smallest absolute Gasteiger partial charge is 0.225 e. The fraction of sp³-hybridized carbons (Fsp3) is 0.462. The number of nitrogens with one attached hydrogen (secondary N) is 1. The predicted octanol–water partition coefficient (Wildman–Crippen LogP) is 5.67. The van der Waals surface area contributed by atoms with Crippen molar-refractivity contribution in [3.63, 3.8) is 0 Å². The summed E-state index contributed by atoms with van der Waals surface area (Å²) in [4.78, 5) is 19.7. The van der Waals surface area contributed by atoms with Crippen molar-refractivity contribution in [3.8, 4) is 0 Å². The van der Waals surface area contributed by atoms with Crippen molar-refractivity contribution in [2.45, 2.75) is 79.6 Å². The van der Waals surface area contributed by atoms with Crippen LogP contribution < -0.4 is 5.32 Å². The first-order valence-corrected chi connectivity index (χ1v) is 11.8. The Morgan fingerprint density at radius 1 is 0.938 bits per heavy atom. The Labute approximate surface area is 191 Å². The minimum absolute atomic E-state index is 0.0167. The first kappa shape index (κ1) is 25.2. The van der Waals surface area contributed by atoms with E-state index in [0.717, 1.165) is 35.6 Å². The molecule has 1 amide bonds. The average molecular weight is 437 g/mol. The fourth-order valence-electron chi connectivity index (χ4n) is 3.76. The van der Waals surface area contributed by atoms with E-state index in [-0.39, 0.29) is 5.91 Å². The van der Waals surface area contributed by atoms with Gasteiger partial charge in [0.15, 0.2) is 0 Å². The van der Waals surface area contributed by atoms with Crippen molar-refractivity contribution in [1.29, 1.82) is 0 Å². The zero-order chi connectivity index (χ0) is 23.3. The molecule has 1 aromatic carbocycles. The molecular formula is C26H36N4O2. The van der Waals surface area contributed by atoms with Gasteiger partial charge < -0.3 is 9.84 Å². The van der Waals surface area contributed by atoms with Crippen LogP contribution in [0, 0.1) is 6.92 Å². The molecule has 6 heteroatoms. The van der Waals surface area contributed by atoms with E-state index in [1.807, 2.05) is 40.7 Å². The molecule has 2 aromatic heterocycles. The van der Waals surface area contributed by atoms with Crippen molar-refractivity contribution in [3.05, 3.63) is 70.5 Å². The van der Waals surface area contributed by atoms with Gasteiger partial charge in [-0.25, -0.2) is 9.97 Å². The van der Waals surface area contributed by atoms with Gasteiger partial charge in [-0.1, -0.05) is 57.1 Å². The van der Waals surface area contributed by atoms with Crippen molar-refractivity contribution in [2.75, 3.05) is 5.32 Å². The number of carbonyl (C=O) groups is 1. The Morgan fingerprint density at radius 2 is 1.62 bits per heavy atom. The minimum atomic E-state index is 0.0167. The topological polar surface area (TPSA) is 80.9 Å². The first-order valence-electron chi connectivity index (χ1n) is 11.8. The lowest BCUT2D eigenvalue weighted by atomic mass is 10.0. The van der Waals surface area contributed by atoms with E-state index >= 15 is 0 Å². The maximum atomic E-state index is 11.3. The number of aromatic nitrogens is 3. The van der Waals surface area contributed by atoms with Gasteiger partial charge in [0.25, 0.3) is 0 Å². The number of aryl methyl sites for hydroxylation is 5. The Bertz CT molecular complexity index is 958. The number of carbonyl (C=O) groups excluding carboxylic acids is 1. The van der Waals surface area contributed by atoms with Crippen LogP contribution in [0.5, 0.6) is 0 Å². The molecule has 0 saturated carbocycles. The van der Waals surface area contributed by atoms with Crippen LogP contribution in [-0.2, 0) is 36.9 Å². The Hall–Kier alpha value is -3.02. The van der Waals surface area contributed by atoms with E-state index in [0.29, 0.717) is 18.7 Å². The predicted molar refractivity (Wildman–Crippen MR) is 129 cm³/mol. The first-order chi connectivity index (χ1) is 15.7. The van der Waals surface area contributed by atoms with E-state index in [1.165, 1.54) is 25.6 Å². The number of hydrogen-bond acceptors (Lipinski definition) is 5. The van der Waals surface area contributed by atoms with Crippen LogP contribution in [0.4, 0.5) is 5.82 Å². The van der Waals surface area contributed by atoms with Gasteiger partial charge in [0, 0.05) is 30.2 Å². The van der Waals surface area contributed by atoms with Gasteiger partial charge in [-0.3, -0.25) is 4.79 Å². The molecule has 0 unspecified atom stereocenters. The number of fused-ring (bicyclic) bond motifs is 2. The molecule has 3 aromatic rings. The quantitative estimate of drug-likeness (QED) is 0.572. The van der Waals surface area contributed by atoms with Crippen molar-refractivity contribution in [1.82, 2.24) is 15.1 Å². The monoisotopic (exact) mass is 436 g/mol.